The molecule has 0 bridgehead atoms. The standard InChI is InChI=1S/C11H14F2O2/c1-7(15-3)11(2,14)9-5-4-8(12)6-10(9)13/h4-7,14H,1-3H3. The van der Waals surface area contributed by atoms with Gasteiger partial charge in [0.2, 0.25) is 0 Å². The molecule has 1 aromatic rings. The van der Waals surface area contributed by atoms with E-state index in [1.807, 2.05) is 0 Å². The minimum Gasteiger partial charge on any atom is -0.383 e. The molecule has 15 heavy (non-hydrogen) atoms. The van der Waals surface area contributed by atoms with Crippen molar-refractivity contribution in [3.63, 3.8) is 0 Å². The third-order valence-electron chi connectivity index (χ3n) is 2.62. The molecule has 0 saturated heterocycles. The maximum Gasteiger partial charge on any atom is 0.132 e. The molecule has 1 N–H and O–H groups in total. The molecule has 0 aromatic heterocycles. The Morgan fingerprint density at radius 1 is 1.40 bits per heavy atom. The number of benzene rings is 1. The highest BCUT2D eigenvalue weighted by atomic mass is 19.1. The van der Waals surface area contributed by atoms with Crippen molar-refractivity contribution >= 4 is 0 Å². The fourth-order valence-electron chi connectivity index (χ4n) is 1.35. The van der Waals surface area contributed by atoms with Crippen LogP contribution in [0.3, 0.4) is 0 Å². The van der Waals surface area contributed by atoms with E-state index in [0.717, 1.165) is 12.1 Å². The number of ether oxygens (including phenoxy) is 1. The lowest BCUT2D eigenvalue weighted by Gasteiger charge is -2.29. The summed E-state index contributed by atoms with van der Waals surface area (Å²) in [6.45, 7) is 3.04. The van der Waals surface area contributed by atoms with Crippen molar-refractivity contribution in [2.75, 3.05) is 7.11 Å². The van der Waals surface area contributed by atoms with Crippen LogP contribution in [0.2, 0.25) is 0 Å². The van der Waals surface area contributed by atoms with E-state index >= 15 is 0 Å². The van der Waals surface area contributed by atoms with Gasteiger partial charge in [-0.05, 0) is 19.9 Å². The van der Waals surface area contributed by atoms with E-state index in [0.29, 0.717) is 0 Å². The van der Waals surface area contributed by atoms with Crippen LogP contribution in [-0.4, -0.2) is 18.3 Å². The van der Waals surface area contributed by atoms with Gasteiger partial charge in [0, 0.05) is 18.7 Å². The maximum absolute atomic E-state index is 13.4. The van der Waals surface area contributed by atoms with Gasteiger partial charge in [0.15, 0.2) is 0 Å². The highest BCUT2D eigenvalue weighted by Gasteiger charge is 2.33. The van der Waals surface area contributed by atoms with Crippen LogP contribution in [0, 0.1) is 11.6 Å². The number of aliphatic hydroxyl groups is 1. The molecule has 0 radical (unpaired) electrons. The lowest BCUT2D eigenvalue weighted by atomic mass is 9.90. The summed E-state index contributed by atoms with van der Waals surface area (Å²) in [4.78, 5) is 0. The third-order valence-corrected chi connectivity index (χ3v) is 2.62. The molecule has 1 aromatic carbocycles. The van der Waals surface area contributed by atoms with Gasteiger partial charge in [0.25, 0.3) is 0 Å². The Labute approximate surface area is 87.5 Å². The lowest BCUT2D eigenvalue weighted by Crippen LogP contribution is -2.36. The van der Waals surface area contributed by atoms with E-state index in [1.165, 1.54) is 20.1 Å². The topological polar surface area (TPSA) is 29.5 Å². The number of hydrogen-bond acceptors (Lipinski definition) is 2. The summed E-state index contributed by atoms with van der Waals surface area (Å²) in [7, 11) is 1.42. The molecule has 4 heteroatoms. The smallest absolute Gasteiger partial charge is 0.132 e. The van der Waals surface area contributed by atoms with Crippen LogP contribution in [0.5, 0.6) is 0 Å². The molecule has 2 atom stereocenters. The van der Waals surface area contributed by atoms with E-state index in [9.17, 15) is 13.9 Å². The third kappa shape index (κ3) is 2.33. The minimum atomic E-state index is -1.48. The van der Waals surface area contributed by atoms with Crippen molar-refractivity contribution in [1.82, 2.24) is 0 Å². The summed E-state index contributed by atoms with van der Waals surface area (Å²) in [5.74, 6) is -1.44. The second-order valence-electron chi connectivity index (χ2n) is 3.65. The molecule has 0 fully saturated rings. The zero-order valence-corrected chi connectivity index (χ0v) is 8.92. The molecule has 0 amide bonds. The predicted octanol–water partition coefficient (Wildman–Crippen LogP) is 2.21. The highest BCUT2D eigenvalue weighted by Crippen LogP contribution is 2.28. The van der Waals surface area contributed by atoms with Crippen LogP contribution < -0.4 is 0 Å². The normalized spacial score (nSPS) is 17.2. The van der Waals surface area contributed by atoms with Crippen molar-refractivity contribution < 1.29 is 18.6 Å². The summed E-state index contributed by atoms with van der Waals surface area (Å²) in [5.41, 5.74) is -1.45. The predicted molar refractivity (Wildman–Crippen MR) is 52.4 cm³/mol. The zero-order valence-electron chi connectivity index (χ0n) is 8.92. The molecule has 0 saturated carbocycles. The van der Waals surface area contributed by atoms with E-state index < -0.39 is 23.3 Å². The highest BCUT2D eigenvalue weighted by molar-refractivity contribution is 5.25. The monoisotopic (exact) mass is 216 g/mol. The summed E-state index contributed by atoms with van der Waals surface area (Å²) in [6, 6.07) is 3.07. The van der Waals surface area contributed by atoms with E-state index in [-0.39, 0.29) is 5.56 Å². The molecule has 1 rings (SSSR count). The number of halogens is 2. The Morgan fingerprint density at radius 3 is 2.47 bits per heavy atom. The quantitative estimate of drug-likeness (QED) is 0.839. The first-order valence-corrected chi connectivity index (χ1v) is 4.60. The molecule has 0 aliphatic heterocycles. The van der Waals surface area contributed by atoms with Crippen molar-refractivity contribution in [1.29, 1.82) is 0 Å². The Balaban J connectivity index is 3.15. The Kier molecular flexibility index (Phi) is 3.42. The van der Waals surface area contributed by atoms with Gasteiger partial charge >= 0.3 is 0 Å². The molecule has 0 heterocycles. The van der Waals surface area contributed by atoms with Gasteiger partial charge in [0.05, 0.1) is 6.10 Å². The fraction of sp³-hybridized carbons (Fsp3) is 0.455. The number of rotatable bonds is 3. The summed E-state index contributed by atoms with van der Waals surface area (Å²) in [5, 5.41) is 10.0. The van der Waals surface area contributed by atoms with Crippen molar-refractivity contribution in [3.8, 4) is 0 Å². The Morgan fingerprint density at radius 2 is 2.00 bits per heavy atom. The van der Waals surface area contributed by atoms with Crippen molar-refractivity contribution in [2.24, 2.45) is 0 Å². The van der Waals surface area contributed by atoms with Gasteiger partial charge in [-0.2, -0.15) is 0 Å². The molecule has 0 aliphatic rings. The van der Waals surface area contributed by atoms with Gasteiger partial charge in [-0.25, -0.2) is 8.78 Å². The largest absolute Gasteiger partial charge is 0.383 e. The summed E-state index contributed by atoms with van der Waals surface area (Å²) >= 11 is 0. The van der Waals surface area contributed by atoms with Crippen molar-refractivity contribution in [2.45, 2.75) is 25.6 Å². The minimum absolute atomic E-state index is 0.0262. The molecule has 0 spiro atoms. The molecular formula is C11H14F2O2. The van der Waals surface area contributed by atoms with E-state index in [4.69, 9.17) is 4.74 Å². The molecule has 2 unspecified atom stereocenters. The first kappa shape index (κ1) is 12.1. The Hall–Kier alpha value is -1.00. The average Bonchev–Trinajstić information content (AvgIpc) is 2.15. The van der Waals surface area contributed by atoms with Gasteiger partial charge in [-0.3, -0.25) is 0 Å². The maximum atomic E-state index is 13.4. The van der Waals surface area contributed by atoms with Gasteiger partial charge in [0.1, 0.15) is 17.2 Å². The van der Waals surface area contributed by atoms with E-state index in [2.05, 4.69) is 0 Å². The van der Waals surface area contributed by atoms with Crippen LogP contribution in [0.4, 0.5) is 8.78 Å². The second-order valence-corrected chi connectivity index (χ2v) is 3.65. The Bertz CT molecular complexity index is 350. The zero-order chi connectivity index (χ0) is 11.6. The number of hydrogen-bond donors (Lipinski definition) is 1. The summed E-state index contributed by atoms with van der Waals surface area (Å²) in [6.07, 6.45) is -0.586. The fourth-order valence-corrected chi connectivity index (χ4v) is 1.35. The molecule has 84 valence electrons. The first-order valence-electron chi connectivity index (χ1n) is 4.60. The van der Waals surface area contributed by atoms with Crippen LogP contribution in [-0.2, 0) is 10.3 Å². The SMILES string of the molecule is COC(C)C(C)(O)c1ccc(F)cc1F. The summed E-state index contributed by atoms with van der Waals surface area (Å²) < 4.78 is 31.0. The van der Waals surface area contributed by atoms with Crippen molar-refractivity contribution in [3.05, 3.63) is 35.4 Å². The van der Waals surface area contributed by atoms with Crippen LogP contribution >= 0.6 is 0 Å². The van der Waals surface area contributed by atoms with E-state index in [1.54, 1.807) is 6.92 Å². The molecular weight excluding hydrogens is 202 g/mol. The van der Waals surface area contributed by atoms with Crippen LogP contribution in [0.15, 0.2) is 18.2 Å². The van der Waals surface area contributed by atoms with Gasteiger partial charge in [-0.1, -0.05) is 6.07 Å². The van der Waals surface area contributed by atoms with Crippen LogP contribution in [0.1, 0.15) is 19.4 Å². The number of methoxy groups -OCH3 is 1. The molecule has 0 aliphatic carbocycles. The molecule has 2 nitrogen and oxygen atoms in total. The first-order chi connectivity index (χ1) is 6.89. The second kappa shape index (κ2) is 4.24. The van der Waals surface area contributed by atoms with Crippen LogP contribution in [0.25, 0.3) is 0 Å². The van der Waals surface area contributed by atoms with Gasteiger partial charge in [-0.15, -0.1) is 0 Å². The average molecular weight is 216 g/mol. The van der Waals surface area contributed by atoms with Gasteiger partial charge < -0.3 is 9.84 Å². The lowest BCUT2D eigenvalue weighted by molar-refractivity contribution is -0.0791.